The summed E-state index contributed by atoms with van der Waals surface area (Å²) in [7, 11) is 0. The number of rotatable bonds is 2. The Morgan fingerprint density at radius 1 is 1.43 bits per heavy atom. The van der Waals surface area contributed by atoms with Crippen LogP contribution in [0.25, 0.3) is 10.9 Å². The van der Waals surface area contributed by atoms with Crippen LogP contribution in [0.1, 0.15) is 30.1 Å². The molecule has 0 aliphatic carbocycles. The van der Waals surface area contributed by atoms with Gasteiger partial charge in [-0.25, -0.2) is 4.79 Å². The number of hydrogen-bond donors (Lipinski definition) is 2. The SMILES string of the molecule is CC1(C(=O)O)CCCN1C(=O)c1c[nH]c2cccc(Br)c12. The molecule has 6 heteroatoms. The highest BCUT2D eigenvalue weighted by atomic mass is 79.9. The number of halogens is 1. The summed E-state index contributed by atoms with van der Waals surface area (Å²) in [5.74, 6) is -1.19. The number of likely N-dealkylation sites (tertiary alicyclic amines) is 1. The van der Waals surface area contributed by atoms with Crippen molar-refractivity contribution in [1.82, 2.24) is 9.88 Å². The molecule has 110 valence electrons. The van der Waals surface area contributed by atoms with E-state index in [2.05, 4.69) is 20.9 Å². The highest BCUT2D eigenvalue weighted by Gasteiger charge is 2.46. The number of nitrogens with one attached hydrogen (secondary N) is 1. The van der Waals surface area contributed by atoms with Crippen LogP contribution in [0.3, 0.4) is 0 Å². The zero-order valence-electron chi connectivity index (χ0n) is 11.5. The second kappa shape index (κ2) is 4.87. The molecule has 1 fully saturated rings. The van der Waals surface area contributed by atoms with E-state index in [1.807, 2.05) is 18.2 Å². The Kier molecular flexibility index (Phi) is 3.28. The molecule has 1 saturated heterocycles. The largest absolute Gasteiger partial charge is 0.480 e. The second-order valence-electron chi connectivity index (χ2n) is 5.50. The Labute approximate surface area is 130 Å². The van der Waals surface area contributed by atoms with Gasteiger partial charge in [0.05, 0.1) is 5.56 Å². The lowest BCUT2D eigenvalue weighted by atomic mass is 9.98. The summed E-state index contributed by atoms with van der Waals surface area (Å²) < 4.78 is 0.820. The molecular weight excluding hydrogens is 336 g/mol. The maximum Gasteiger partial charge on any atom is 0.329 e. The fourth-order valence-corrected chi connectivity index (χ4v) is 3.55. The lowest BCUT2D eigenvalue weighted by molar-refractivity contribution is -0.147. The summed E-state index contributed by atoms with van der Waals surface area (Å²) >= 11 is 3.45. The first-order chi connectivity index (χ1) is 9.95. The number of aliphatic carboxylic acids is 1. The molecule has 3 rings (SSSR count). The molecule has 1 aliphatic heterocycles. The van der Waals surface area contributed by atoms with Gasteiger partial charge in [0.2, 0.25) is 0 Å². The number of carboxylic acids is 1. The molecule has 2 aromatic rings. The number of carbonyl (C=O) groups is 2. The molecule has 21 heavy (non-hydrogen) atoms. The van der Waals surface area contributed by atoms with Crippen molar-refractivity contribution in [3.05, 3.63) is 34.4 Å². The van der Waals surface area contributed by atoms with Crippen molar-refractivity contribution in [2.45, 2.75) is 25.3 Å². The first-order valence-corrected chi connectivity index (χ1v) is 7.55. The van der Waals surface area contributed by atoms with Crippen LogP contribution in [0.15, 0.2) is 28.9 Å². The van der Waals surface area contributed by atoms with E-state index in [9.17, 15) is 14.7 Å². The Morgan fingerprint density at radius 2 is 2.19 bits per heavy atom. The van der Waals surface area contributed by atoms with E-state index in [0.29, 0.717) is 24.9 Å². The van der Waals surface area contributed by atoms with Crippen molar-refractivity contribution < 1.29 is 14.7 Å². The van der Waals surface area contributed by atoms with Crippen LogP contribution in [0.2, 0.25) is 0 Å². The van der Waals surface area contributed by atoms with Gasteiger partial charge in [0, 0.05) is 28.1 Å². The lowest BCUT2D eigenvalue weighted by Gasteiger charge is -2.31. The predicted octanol–water partition coefficient (Wildman–Crippen LogP) is 3.01. The van der Waals surface area contributed by atoms with Gasteiger partial charge in [0.25, 0.3) is 5.91 Å². The Morgan fingerprint density at radius 3 is 2.90 bits per heavy atom. The van der Waals surface area contributed by atoms with Crippen molar-refractivity contribution in [2.75, 3.05) is 6.54 Å². The standard InChI is InChI=1S/C15H15BrN2O3/c1-15(14(20)21)6-3-7-18(15)13(19)9-8-17-11-5-2-4-10(16)12(9)11/h2,4-5,8,17H,3,6-7H2,1H3,(H,20,21). The molecule has 0 saturated carbocycles. The van der Waals surface area contributed by atoms with Crippen LogP contribution in [0.5, 0.6) is 0 Å². The summed E-state index contributed by atoms with van der Waals surface area (Å²) in [5, 5.41) is 10.2. The third kappa shape index (κ3) is 2.05. The van der Waals surface area contributed by atoms with Gasteiger partial charge in [-0.1, -0.05) is 22.0 Å². The van der Waals surface area contributed by atoms with Crippen molar-refractivity contribution in [3.8, 4) is 0 Å². The van der Waals surface area contributed by atoms with Crippen LogP contribution in [0.4, 0.5) is 0 Å². The van der Waals surface area contributed by atoms with Crippen molar-refractivity contribution in [1.29, 1.82) is 0 Å². The van der Waals surface area contributed by atoms with Crippen molar-refractivity contribution >= 4 is 38.7 Å². The molecule has 1 amide bonds. The normalized spacial score (nSPS) is 21.9. The van der Waals surface area contributed by atoms with E-state index in [0.717, 1.165) is 15.4 Å². The van der Waals surface area contributed by atoms with Gasteiger partial charge in [-0.05, 0) is 31.9 Å². The smallest absolute Gasteiger partial charge is 0.329 e. The summed E-state index contributed by atoms with van der Waals surface area (Å²) in [5.41, 5.74) is 0.234. The van der Waals surface area contributed by atoms with Crippen molar-refractivity contribution in [3.63, 3.8) is 0 Å². The Hall–Kier alpha value is -1.82. The molecular formula is C15H15BrN2O3. The molecule has 1 unspecified atom stereocenters. The predicted molar refractivity (Wildman–Crippen MR) is 82.3 cm³/mol. The van der Waals surface area contributed by atoms with Gasteiger partial charge in [0.15, 0.2) is 0 Å². The average Bonchev–Trinajstić information content (AvgIpc) is 3.03. The van der Waals surface area contributed by atoms with Crippen molar-refractivity contribution in [2.24, 2.45) is 0 Å². The molecule has 1 atom stereocenters. The van der Waals surface area contributed by atoms with Crippen LogP contribution in [0, 0.1) is 0 Å². The molecule has 1 aromatic heterocycles. The van der Waals surface area contributed by atoms with Crippen LogP contribution in [-0.2, 0) is 4.79 Å². The highest BCUT2D eigenvalue weighted by Crippen LogP contribution is 2.34. The third-order valence-electron chi connectivity index (χ3n) is 4.23. The Bertz CT molecular complexity index is 740. The molecule has 0 bridgehead atoms. The zero-order chi connectivity index (χ0) is 15.2. The van der Waals surface area contributed by atoms with Crippen LogP contribution in [-0.4, -0.2) is 39.0 Å². The first-order valence-electron chi connectivity index (χ1n) is 6.76. The zero-order valence-corrected chi connectivity index (χ0v) is 13.1. The van der Waals surface area contributed by atoms with E-state index in [1.54, 1.807) is 13.1 Å². The number of aromatic amines is 1. The quantitative estimate of drug-likeness (QED) is 0.874. The minimum Gasteiger partial charge on any atom is -0.480 e. The van der Waals surface area contributed by atoms with E-state index in [1.165, 1.54) is 4.90 Å². The average molecular weight is 351 g/mol. The molecule has 0 radical (unpaired) electrons. The lowest BCUT2D eigenvalue weighted by Crippen LogP contribution is -2.50. The summed E-state index contributed by atoms with van der Waals surface area (Å²) in [6.45, 7) is 2.09. The Balaban J connectivity index is 2.07. The van der Waals surface area contributed by atoms with Gasteiger partial charge >= 0.3 is 5.97 Å². The number of benzene rings is 1. The molecule has 0 spiro atoms. The maximum atomic E-state index is 12.8. The number of fused-ring (bicyclic) bond motifs is 1. The molecule has 1 aliphatic rings. The third-order valence-corrected chi connectivity index (χ3v) is 4.89. The van der Waals surface area contributed by atoms with E-state index in [-0.39, 0.29) is 5.91 Å². The minimum absolute atomic E-state index is 0.240. The number of carbonyl (C=O) groups excluding carboxylic acids is 1. The van der Waals surface area contributed by atoms with Crippen LogP contribution >= 0.6 is 15.9 Å². The fraction of sp³-hybridized carbons (Fsp3) is 0.333. The summed E-state index contributed by atoms with van der Waals surface area (Å²) in [4.78, 5) is 28.9. The highest BCUT2D eigenvalue weighted by molar-refractivity contribution is 9.10. The molecule has 2 heterocycles. The summed E-state index contributed by atoms with van der Waals surface area (Å²) in [6.07, 6.45) is 2.84. The number of carboxylic acid groups (broad SMARTS) is 1. The maximum absolute atomic E-state index is 12.8. The van der Waals surface area contributed by atoms with Gasteiger partial charge < -0.3 is 15.0 Å². The number of H-pyrrole nitrogens is 1. The first kappa shape index (κ1) is 14.1. The number of hydrogen-bond acceptors (Lipinski definition) is 2. The van der Waals surface area contributed by atoms with Gasteiger partial charge in [-0.2, -0.15) is 0 Å². The topological polar surface area (TPSA) is 73.4 Å². The molecule has 1 aromatic carbocycles. The second-order valence-corrected chi connectivity index (χ2v) is 6.36. The number of amides is 1. The molecule has 2 N–H and O–H groups in total. The fourth-order valence-electron chi connectivity index (χ4n) is 2.97. The molecule has 5 nitrogen and oxygen atoms in total. The van der Waals surface area contributed by atoms with E-state index < -0.39 is 11.5 Å². The van der Waals surface area contributed by atoms with Crippen LogP contribution < -0.4 is 0 Å². The number of aromatic nitrogens is 1. The van der Waals surface area contributed by atoms with E-state index >= 15 is 0 Å². The number of nitrogens with zero attached hydrogens (tertiary/aromatic N) is 1. The van der Waals surface area contributed by atoms with E-state index in [4.69, 9.17) is 0 Å². The monoisotopic (exact) mass is 350 g/mol. The summed E-state index contributed by atoms with van der Waals surface area (Å²) in [6, 6.07) is 5.64. The van der Waals surface area contributed by atoms with Gasteiger partial charge in [0.1, 0.15) is 5.54 Å². The van der Waals surface area contributed by atoms with Gasteiger partial charge in [-0.3, -0.25) is 4.79 Å². The van der Waals surface area contributed by atoms with Gasteiger partial charge in [-0.15, -0.1) is 0 Å². The minimum atomic E-state index is -1.12.